The summed E-state index contributed by atoms with van der Waals surface area (Å²) in [6.45, 7) is 0.823. The van der Waals surface area contributed by atoms with E-state index in [-0.39, 0.29) is 0 Å². The number of benzene rings is 2. The van der Waals surface area contributed by atoms with Gasteiger partial charge in [-0.3, -0.25) is 0 Å². The van der Waals surface area contributed by atoms with Gasteiger partial charge in [0.1, 0.15) is 0 Å². The van der Waals surface area contributed by atoms with Crippen LogP contribution in [-0.2, 0) is 6.42 Å². The Kier molecular flexibility index (Phi) is 5.84. The third kappa shape index (κ3) is 4.83. The molecular formula is C16H17ClN2S. The number of thiocarbonyl (C=S) groups is 1. The van der Waals surface area contributed by atoms with Crippen molar-refractivity contribution in [2.45, 2.75) is 12.8 Å². The Bertz CT molecular complexity index is 557. The van der Waals surface area contributed by atoms with Gasteiger partial charge in [0.25, 0.3) is 0 Å². The van der Waals surface area contributed by atoms with Crippen molar-refractivity contribution in [3.8, 4) is 0 Å². The molecule has 0 amide bonds. The van der Waals surface area contributed by atoms with Crippen molar-refractivity contribution in [1.29, 1.82) is 0 Å². The van der Waals surface area contributed by atoms with Crippen molar-refractivity contribution in [2.24, 2.45) is 0 Å². The van der Waals surface area contributed by atoms with Crippen LogP contribution in [0, 0.1) is 0 Å². The van der Waals surface area contributed by atoms with E-state index in [1.165, 1.54) is 5.56 Å². The first-order chi connectivity index (χ1) is 9.75. The van der Waals surface area contributed by atoms with Crippen LogP contribution in [0.25, 0.3) is 0 Å². The molecule has 0 aliphatic rings. The fourth-order valence-electron chi connectivity index (χ4n) is 1.88. The van der Waals surface area contributed by atoms with E-state index in [2.05, 4.69) is 16.7 Å². The summed E-state index contributed by atoms with van der Waals surface area (Å²) < 4.78 is 0. The minimum absolute atomic E-state index is 0.648. The monoisotopic (exact) mass is 304 g/mol. The van der Waals surface area contributed by atoms with E-state index in [1.807, 2.05) is 48.5 Å². The molecule has 104 valence electrons. The summed E-state index contributed by atoms with van der Waals surface area (Å²) in [6, 6.07) is 17.8. The average Bonchev–Trinajstić information content (AvgIpc) is 2.46. The maximum absolute atomic E-state index is 6.11. The summed E-state index contributed by atoms with van der Waals surface area (Å²) in [5.74, 6) is 0. The largest absolute Gasteiger partial charge is 0.362 e. The van der Waals surface area contributed by atoms with E-state index in [0.717, 1.165) is 30.1 Å². The van der Waals surface area contributed by atoms with Gasteiger partial charge < -0.3 is 10.6 Å². The Hall–Kier alpha value is -1.58. The Labute approximate surface area is 130 Å². The zero-order valence-electron chi connectivity index (χ0n) is 11.1. The molecule has 0 bridgehead atoms. The van der Waals surface area contributed by atoms with Gasteiger partial charge in [-0.25, -0.2) is 0 Å². The van der Waals surface area contributed by atoms with E-state index < -0.39 is 0 Å². The molecule has 0 saturated carbocycles. The van der Waals surface area contributed by atoms with Gasteiger partial charge in [-0.05, 0) is 48.8 Å². The average molecular weight is 305 g/mol. The molecule has 0 aromatic heterocycles. The quantitative estimate of drug-likeness (QED) is 0.637. The third-order valence-electron chi connectivity index (χ3n) is 2.90. The van der Waals surface area contributed by atoms with Crippen LogP contribution < -0.4 is 10.6 Å². The van der Waals surface area contributed by atoms with Crippen molar-refractivity contribution < 1.29 is 0 Å². The Morgan fingerprint density at radius 3 is 2.45 bits per heavy atom. The van der Waals surface area contributed by atoms with Gasteiger partial charge in [0.05, 0.1) is 0 Å². The number of para-hydroxylation sites is 1. The van der Waals surface area contributed by atoms with Crippen molar-refractivity contribution in [1.82, 2.24) is 5.32 Å². The van der Waals surface area contributed by atoms with Gasteiger partial charge >= 0.3 is 0 Å². The predicted octanol–water partition coefficient (Wildman–Crippen LogP) is 4.26. The van der Waals surface area contributed by atoms with Gasteiger partial charge in [0.15, 0.2) is 5.11 Å². The second kappa shape index (κ2) is 7.88. The summed E-state index contributed by atoms with van der Waals surface area (Å²) in [6.07, 6.45) is 1.93. The molecule has 20 heavy (non-hydrogen) atoms. The molecular weight excluding hydrogens is 288 g/mol. The van der Waals surface area contributed by atoms with Crippen molar-refractivity contribution in [3.05, 3.63) is 65.2 Å². The second-order valence-electron chi connectivity index (χ2n) is 4.44. The van der Waals surface area contributed by atoms with Crippen LogP contribution in [0.2, 0.25) is 5.02 Å². The van der Waals surface area contributed by atoms with E-state index in [1.54, 1.807) is 0 Å². The lowest BCUT2D eigenvalue weighted by Gasteiger charge is -2.10. The summed E-state index contributed by atoms with van der Waals surface area (Å²) >= 11 is 11.4. The molecule has 0 radical (unpaired) electrons. The number of hydrogen-bond donors (Lipinski definition) is 2. The molecule has 2 rings (SSSR count). The molecule has 0 fully saturated rings. The fourth-order valence-corrected chi connectivity index (χ4v) is 2.33. The molecule has 2 N–H and O–H groups in total. The molecule has 0 atom stereocenters. The highest BCUT2D eigenvalue weighted by Crippen LogP contribution is 2.16. The zero-order chi connectivity index (χ0) is 14.2. The normalized spacial score (nSPS) is 10.1. The van der Waals surface area contributed by atoms with Crippen molar-refractivity contribution in [2.75, 3.05) is 11.9 Å². The number of aryl methyl sites for hydroxylation is 1. The number of hydrogen-bond acceptors (Lipinski definition) is 1. The molecule has 2 nitrogen and oxygen atoms in total. The highest BCUT2D eigenvalue weighted by Gasteiger charge is 2.00. The maximum atomic E-state index is 6.11. The molecule has 0 unspecified atom stereocenters. The molecule has 0 heterocycles. The first kappa shape index (κ1) is 14.8. The lowest BCUT2D eigenvalue weighted by atomic mass is 10.1. The van der Waals surface area contributed by atoms with Crippen LogP contribution in [0.1, 0.15) is 12.0 Å². The topological polar surface area (TPSA) is 24.1 Å². The predicted molar refractivity (Wildman–Crippen MR) is 90.4 cm³/mol. The van der Waals surface area contributed by atoms with E-state index in [0.29, 0.717) is 5.11 Å². The minimum Gasteiger partial charge on any atom is -0.362 e. The second-order valence-corrected chi connectivity index (χ2v) is 5.26. The smallest absolute Gasteiger partial charge is 0.170 e. The summed E-state index contributed by atoms with van der Waals surface area (Å²) in [7, 11) is 0. The van der Waals surface area contributed by atoms with E-state index in [9.17, 15) is 0 Å². The van der Waals surface area contributed by atoms with Gasteiger partial charge in [0.2, 0.25) is 0 Å². The van der Waals surface area contributed by atoms with Gasteiger partial charge in [-0.1, -0.05) is 48.0 Å². The molecule has 2 aromatic rings. The molecule has 0 aliphatic carbocycles. The Morgan fingerprint density at radius 1 is 1.00 bits per heavy atom. The summed E-state index contributed by atoms with van der Waals surface area (Å²) in [5, 5.41) is 7.82. The highest BCUT2D eigenvalue weighted by atomic mass is 35.5. The molecule has 0 aliphatic heterocycles. The first-order valence-corrected chi connectivity index (χ1v) is 7.37. The van der Waals surface area contributed by atoms with Gasteiger partial charge in [-0.2, -0.15) is 0 Å². The summed E-state index contributed by atoms with van der Waals surface area (Å²) in [4.78, 5) is 0. The van der Waals surface area contributed by atoms with E-state index in [4.69, 9.17) is 23.8 Å². The minimum atomic E-state index is 0.648. The van der Waals surface area contributed by atoms with Crippen LogP contribution in [0.5, 0.6) is 0 Å². The Morgan fingerprint density at radius 2 is 1.70 bits per heavy atom. The number of halogens is 1. The number of rotatable bonds is 5. The van der Waals surface area contributed by atoms with Crippen LogP contribution in [0.3, 0.4) is 0 Å². The standard InChI is InChI=1S/C16H17ClN2S/c17-15-11-5-4-7-13(15)8-6-12-18-16(20)19-14-9-2-1-3-10-14/h1-5,7,9-11H,6,8,12H2,(H2,18,19,20). The third-order valence-corrected chi connectivity index (χ3v) is 3.51. The van der Waals surface area contributed by atoms with E-state index >= 15 is 0 Å². The zero-order valence-corrected chi connectivity index (χ0v) is 12.7. The lowest BCUT2D eigenvalue weighted by molar-refractivity contribution is 0.777. The van der Waals surface area contributed by atoms with Crippen LogP contribution in [0.15, 0.2) is 54.6 Å². The van der Waals surface area contributed by atoms with Crippen LogP contribution in [0.4, 0.5) is 5.69 Å². The van der Waals surface area contributed by atoms with Gasteiger partial charge in [0, 0.05) is 17.3 Å². The molecule has 4 heteroatoms. The van der Waals surface area contributed by atoms with Crippen molar-refractivity contribution in [3.63, 3.8) is 0 Å². The SMILES string of the molecule is S=C(NCCCc1ccccc1Cl)Nc1ccccc1. The first-order valence-electron chi connectivity index (χ1n) is 6.59. The molecule has 0 saturated heterocycles. The fraction of sp³-hybridized carbons (Fsp3) is 0.188. The summed E-state index contributed by atoms with van der Waals surface area (Å²) in [5.41, 5.74) is 2.18. The molecule has 0 spiro atoms. The Balaban J connectivity index is 1.69. The van der Waals surface area contributed by atoms with Crippen molar-refractivity contribution >= 4 is 34.6 Å². The maximum Gasteiger partial charge on any atom is 0.170 e. The highest BCUT2D eigenvalue weighted by molar-refractivity contribution is 7.80. The van der Waals surface area contributed by atoms with Crippen LogP contribution >= 0.6 is 23.8 Å². The number of anilines is 1. The van der Waals surface area contributed by atoms with Gasteiger partial charge in [-0.15, -0.1) is 0 Å². The lowest BCUT2D eigenvalue weighted by Crippen LogP contribution is -2.29. The number of nitrogens with one attached hydrogen (secondary N) is 2. The van der Waals surface area contributed by atoms with Crippen LogP contribution in [-0.4, -0.2) is 11.7 Å². The molecule has 2 aromatic carbocycles.